The number of rotatable bonds is 3. The Kier molecular flexibility index (Phi) is 3.58. The maximum absolute atomic E-state index is 11.5. The molecule has 0 aliphatic carbocycles. The molecule has 98 valence electrons. The summed E-state index contributed by atoms with van der Waals surface area (Å²) >= 11 is 4.85. The van der Waals surface area contributed by atoms with Gasteiger partial charge in [-0.3, -0.25) is 4.57 Å². The number of halogens is 1. The van der Waals surface area contributed by atoms with Gasteiger partial charge in [-0.25, -0.2) is 13.6 Å². The lowest BCUT2D eigenvalue weighted by atomic mass is 10.3. The molecule has 2 aromatic heterocycles. The summed E-state index contributed by atoms with van der Waals surface area (Å²) in [5, 5.41) is 14.4. The van der Waals surface area contributed by atoms with Crippen LogP contribution in [0.3, 0.4) is 0 Å². The Balaban J connectivity index is 2.72. The van der Waals surface area contributed by atoms with Gasteiger partial charge in [0.2, 0.25) is 0 Å². The molecular formula is C9H11BrN4O2S2. The summed E-state index contributed by atoms with van der Waals surface area (Å²) in [6.07, 6.45) is 0. The molecule has 6 nitrogen and oxygen atoms in total. The number of aromatic nitrogens is 3. The molecule has 18 heavy (non-hydrogen) atoms. The van der Waals surface area contributed by atoms with Crippen LogP contribution in [0.25, 0.3) is 10.7 Å². The first-order valence-corrected chi connectivity index (χ1v) is 8.25. The van der Waals surface area contributed by atoms with E-state index in [2.05, 4.69) is 26.1 Å². The maximum Gasteiger partial charge on any atom is 0.273 e. The molecule has 0 amide bonds. The van der Waals surface area contributed by atoms with Crippen molar-refractivity contribution in [2.45, 2.75) is 25.0 Å². The molecule has 0 atom stereocenters. The van der Waals surface area contributed by atoms with Gasteiger partial charge in [0.05, 0.1) is 4.88 Å². The lowest BCUT2D eigenvalue weighted by Crippen LogP contribution is -2.20. The Labute approximate surface area is 117 Å². The Hall–Kier alpha value is -0.770. The molecule has 2 rings (SSSR count). The first kappa shape index (κ1) is 13.7. The molecule has 0 fully saturated rings. The summed E-state index contributed by atoms with van der Waals surface area (Å²) in [6.45, 7) is 3.70. The Morgan fingerprint density at radius 2 is 2.11 bits per heavy atom. The van der Waals surface area contributed by atoms with Crippen LogP contribution in [-0.4, -0.2) is 23.2 Å². The summed E-state index contributed by atoms with van der Waals surface area (Å²) in [7, 11) is -3.88. The maximum atomic E-state index is 11.5. The molecule has 0 aliphatic rings. The molecule has 0 bridgehead atoms. The number of primary sulfonamides is 1. The minimum atomic E-state index is -3.88. The topological polar surface area (TPSA) is 90.9 Å². The fourth-order valence-corrected chi connectivity index (χ4v) is 3.80. The monoisotopic (exact) mass is 350 g/mol. The van der Waals surface area contributed by atoms with Gasteiger partial charge in [0, 0.05) is 10.5 Å². The number of nitrogens with zero attached hydrogens (tertiary/aromatic N) is 3. The van der Waals surface area contributed by atoms with E-state index in [0.717, 1.165) is 9.35 Å². The van der Waals surface area contributed by atoms with Crippen molar-refractivity contribution in [3.8, 4) is 10.7 Å². The van der Waals surface area contributed by atoms with E-state index in [1.54, 1.807) is 0 Å². The smallest absolute Gasteiger partial charge is 0.273 e. The molecule has 0 unspecified atom stereocenters. The van der Waals surface area contributed by atoms with Crippen LogP contribution in [0.15, 0.2) is 21.1 Å². The minimum absolute atomic E-state index is 0.114. The zero-order chi connectivity index (χ0) is 13.5. The fourth-order valence-electron chi connectivity index (χ4n) is 1.54. The van der Waals surface area contributed by atoms with Gasteiger partial charge < -0.3 is 0 Å². The minimum Gasteiger partial charge on any atom is -0.293 e. The number of sulfonamides is 1. The number of thiophene rings is 1. The molecule has 2 aromatic rings. The van der Waals surface area contributed by atoms with Crippen molar-refractivity contribution < 1.29 is 8.42 Å². The molecule has 2 heterocycles. The lowest BCUT2D eigenvalue weighted by Gasteiger charge is -2.12. The van der Waals surface area contributed by atoms with Crippen molar-refractivity contribution in [3.63, 3.8) is 0 Å². The Morgan fingerprint density at radius 1 is 1.44 bits per heavy atom. The summed E-state index contributed by atoms with van der Waals surface area (Å²) in [5.41, 5.74) is 0. The van der Waals surface area contributed by atoms with Gasteiger partial charge in [0.25, 0.3) is 15.2 Å². The third kappa shape index (κ3) is 2.35. The zero-order valence-corrected chi connectivity index (χ0v) is 12.9. The highest BCUT2D eigenvalue weighted by Crippen LogP contribution is 2.34. The van der Waals surface area contributed by atoms with Crippen LogP contribution in [0.1, 0.15) is 19.9 Å². The van der Waals surface area contributed by atoms with Crippen LogP contribution in [0, 0.1) is 0 Å². The largest absolute Gasteiger partial charge is 0.293 e. The predicted octanol–water partition coefficient (Wildman–Crippen LogP) is 2.00. The van der Waals surface area contributed by atoms with Gasteiger partial charge in [-0.05, 0) is 41.2 Å². The van der Waals surface area contributed by atoms with Gasteiger partial charge in [0.1, 0.15) is 0 Å². The highest BCUT2D eigenvalue weighted by molar-refractivity contribution is 9.10. The highest BCUT2D eigenvalue weighted by Gasteiger charge is 2.25. The first-order chi connectivity index (χ1) is 8.32. The van der Waals surface area contributed by atoms with Crippen LogP contribution < -0.4 is 5.14 Å². The van der Waals surface area contributed by atoms with Gasteiger partial charge in [0.15, 0.2) is 5.82 Å². The molecule has 2 N–H and O–H groups in total. The van der Waals surface area contributed by atoms with Crippen LogP contribution in [0.5, 0.6) is 0 Å². The van der Waals surface area contributed by atoms with Gasteiger partial charge in [-0.1, -0.05) is 0 Å². The second kappa shape index (κ2) is 4.72. The van der Waals surface area contributed by atoms with Crippen LogP contribution in [0.2, 0.25) is 0 Å². The van der Waals surface area contributed by atoms with Gasteiger partial charge in [-0.2, -0.15) is 0 Å². The van der Waals surface area contributed by atoms with Crippen molar-refractivity contribution in [2.75, 3.05) is 0 Å². The number of hydrogen-bond acceptors (Lipinski definition) is 5. The molecule has 0 spiro atoms. The van der Waals surface area contributed by atoms with Crippen molar-refractivity contribution in [2.24, 2.45) is 5.14 Å². The number of nitrogens with two attached hydrogens (primary N) is 1. The number of hydrogen-bond donors (Lipinski definition) is 1. The molecule has 9 heteroatoms. The lowest BCUT2D eigenvalue weighted by molar-refractivity contribution is 0.525. The third-order valence-electron chi connectivity index (χ3n) is 2.26. The molecule has 0 aliphatic heterocycles. The van der Waals surface area contributed by atoms with E-state index in [-0.39, 0.29) is 11.2 Å². The Bertz CT molecular complexity index is 675. The van der Waals surface area contributed by atoms with E-state index < -0.39 is 10.0 Å². The second-order valence-corrected chi connectivity index (χ2v) is 7.14. The second-order valence-electron chi connectivity index (χ2n) is 3.91. The zero-order valence-electron chi connectivity index (χ0n) is 9.66. The summed E-state index contributed by atoms with van der Waals surface area (Å²) in [5.74, 6) is 0.496. The average Bonchev–Trinajstić information content (AvgIpc) is 2.80. The highest BCUT2D eigenvalue weighted by atomic mass is 79.9. The molecule has 0 radical (unpaired) electrons. The standard InChI is InChI=1S/C9H11BrN4O2S2/c1-5(2)14-8(7-6(10)3-4-17-7)12-13-9(14)18(11,15)16/h3-5H,1-2H3,(H2,11,15,16). The van der Waals surface area contributed by atoms with E-state index in [1.807, 2.05) is 25.3 Å². The van der Waals surface area contributed by atoms with E-state index in [9.17, 15) is 8.42 Å². The third-order valence-corrected chi connectivity index (χ3v) is 4.88. The van der Waals surface area contributed by atoms with Crippen molar-refractivity contribution in [1.29, 1.82) is 0 Å². The fraction of sp³-hybridized carbons (Fsp3) is 0.333. The van der Waals surface area contributed by atoms with Crippen molar-refractivity contribution in [1.82, 2.24) is 14.8 Å². The predicted molar refractivity (Wildman–Crippen MR) is 72.8 cm³/mol. The molecule has 0 saturated carbocycles. The molecule has 0 saturated heterocycles. The van der Waals surface area contributed by atoms with Crippen LogP contribution in [-0.2, 0) is 10.0 Å². The van der Waals surface area contributed by atoms with Gasteiger partial charge >= 0.3 is 0 Å². The van der Waals surface area contributed by atoms with Crippen LogP contribution in [0.4, 0.5) is 0 Å². The van der Waals surface area contributed by atoms with E-state index in [0.29, 0.717) is 5.82 Å². The molecular weight excluding hydrogens is 340 g/mol. The first-order valence-electron chi connectivity index (χ1n) is 5.03. The summed E-state index contributed by atoms with van der Waals surface area (Å²) < 4.78 is 25.3. The Morgan fingerprint density at radius 3 is 2.56 bits per heavy atom. The van der Waals surface area contributed by atoms with E-state index in [1.165, 1.54) is 15.9 Å². The van der Waals surface area contributed by atoms with Crippen molar-refractivity contribution >= 4 is 37.3 Å². The normalized spacial score (nSPS) is 12.3. The average molecular weight is 351 g/mol. The van der Waals surface area contributed by atoms with Crippen molar-refractivity contribution in [3.05, 3.63) is 15.9 Å². The molecule has 0 aromatic carbocycles. The van der Waals surface area contributed by atoms with E-state index in [4.69, 9.17) is 5.14 Å². The quantitative estimate of drug-likeness (QED) is 0.916. The van der Waals surface area contributed by atoms with Gasteiger partial charge in [-0.15, -0.1) is 21.5 Å². The summed E-state index contributed by atoms with van der Waals surface area (Å²) in [4.78, 5) is 0.825. The SMILES string of the molecule is CC(C)n1c(-c2sccc2Br)nnc1S(N)(=O)=O. The summed E-state index contributed by atoms with van der Waals surface area (Å²) in [6, 6.07) is 1.76. The van der Waals surface area contributed by atoms with Crippen LogP contribution >= 0.6 is 27.3 Å². The van der Waals surface area contributed by atoms with E-state index >= 15 is 0 Å².